The third kappa shape index (κ3) is 4.89. The zero-order valence-corrected chi connectivity index (χ0v) is 15.2. The summed E-state index contributed by atoms with van der Waals surface area (Å²) in [5.74, 6) is 0.827. The monoisotopic (exact) mass is 343 g/mol. The number of thiazole rings is 1. The van der Waals surface area contributed by atoms with Crippen molar-refractivity contribution in [3.05, 3.63) is 46.5 Å². The zero-order valence-electron chi connectivity index (χ0n) is 14.4. The van der Waals surface area contributed by atoms with E-state index in [-0.39, 0.29) is 5.91 Å². The molecule has 24 heavy (non-hydrogen) atoms. The summed E-state index contributed by atoms with van der Waals surface area (Å²) in [6.07, 6.45) is 5.10. The van der Waals surface area contributed by atoms with Crippen molar-refractivity contribution in [2.75, 3.05) is 25.0 Å². The fraction of sp³-hybridized carbons (Fsp3) is 0.474. The molecule has 4 nitrogen and oxygen atoms in total. The number of amides is 1. The summed E-state index contributed by atoms with van der Waals surface area (Å²) in [6, 6.07) is 8.49. The van der Waals surface area contributed by atoms with Crippen LogP contribution in [0.1, 0.15) is 35.8 Å². The van der Waals surface area contributed by atoms with Crippen LogP contribution in [0.25, 0.3) is 0 Å². The number of nitrogens with one attached hydrogen (secondary N) is 1. The van der Waals surface area contributed by atoms with Gasteiger partial charge in [-0.3, -0.25) is 9.69 Å². The van der Waals surface area contributed by atoms with Crippen molar-refractivity contribution in [2.24, 2.45) is 5.92 Å². The topological polar surface area (TPSA) is 45.2 Å². The molecular formula is C19H25N3OS. The van der Waals surface area contributed by atoms with Gasteiger partial charge in [0.15, 0.2) is 5.13 Å². The van der Waals surface area contributed by atoms with E-state index in [1.54, 1.807) is 11.3 Å². The number of nitrogens with zero attached hydrogens (tertiary/aromatic N) is 2. The Hall–Kier alpha value is -1.72. The highest BCUT2D eigenvalue weighted by Crippen LogP contribution is 2.22. The van der Waals surface area contributed by atoms with E-state index in [1.165, 1.54) is 28.8 Å². The number of hydrogen-bond acceptors (Lipinski definition) is 4. The predicted octanol–water partition coefficient (Wildman–Crippen LogP) is 3.71. The van der Waals surface area contributed by atoms with Crippen molar-refractivity contribution in [3.8, 4) is 0 Å². The Kier molecular flexibility index (Phi) is 5.63. The second kappa shape index (κ2) is 7.90. The summed E-state index contributed by atoms with van der Waals surface area (Å²) in [6.45, 7) is 6.89. The minimum atomic E-state index is 0.0426. The molecule has 0 saturated carbocycles. The zero-order chi connectivity index (χ0) is 16.9. The largest absolute Gasteiger partial charge is 0.301 e. The van der Waals surface area contributed by atoms with Crippen molar-refractivity contribution in [1.82, 2.24) is 9.88 Å². The first-order chi connectivity index (χ1) is 11.6. The maximum absolute atomic E-state index is 12.2. The molecule has 0 aliphatic carbocycles. The van der Waals surface area contributed by atoms with Gasteiger partial charge in [-0.15, -0.1) is 11.3 Å². The van der Waals surface area contributed by atoms with E-state index in [0.29, 0.717) is 11.7 Å². The SMILES string of the molecule is Cc1cccc(Cc2cnc(NC(=O)CN3CCC(C)CC3)s2)c1. The van der Waals surface area contributed by atoms with Crippen LogP contribution < -0.4 is 5.32 Å². The lowest BCUT2D eigenvalue weighted by molar-refractivity contribution is -0.117. The molecule has 1 amide bonds. The molecule has 128 valence electrons. The predicted molar refractivity (Wildman–Crippen MR) is 99.6 cm³/mol. The molecule has 1 fully saturated rings. The average Bonchev–Trinajstić information content (AvgIpc) is 2.96. The average molecular weight is 343 g/mol. The summed E-state index contributed by atoms with van der Waals surface area (Å²) in [5, 5.41) is 3.65. The number of anilines is 1. The first-order valence-corrected chi connectivity index (χ1v) is 9.42. The molecule has 1 aliphatic heterocycles. The molecule has 0 radical (unpaired) electrons. The molecule has 0 unspecified atom stereocenters. The van der Waals surface area contributed by atoms with E-state index in [2.05, 4.69) is 53.3 Å². The molecule has 1 saturated heterocycles. The van der Waals surface area contributed by atoms with Crippen LogP contribution in [0.3, 0.4) is 0 Å². The van der Waals surface area contributed by atoms with Crippen molar-refractivity contribution in [3.63, 3.8) is 0 Å². The molecule has 1 N–H and O–H groups in total. The Bertz CT molecular complexity index is 689. The van der Waals surface area contributed by atoms with Gasteiger partial charge in [0, 0.05) is 17.5 Å². The second-order valence-electron chi connectivity index (χ2n) is 6.80. The van der Waals surface area contributed by atoms with Crippen molar-refractivity contribution >= 4 is 22.4 Å². The van der Waals surface area contributed by atoms with Crippen molar-refractivity contribution < 1.29 is 4.79 Å². The van der Waals surface area contributed by atoms with Crippen LogP contribution in [0.2, 0.25) is 0 Å². The molecule has 0 spiro atoms. The molecule has 0 bridgehead atoms. The van der Waals surface area contributed by atoms with Gasteiger partial charge >= 0.3 is 0 Å². The summed E-state index contributed by atoms with van der Waals surface area (Å²) >= 11 is 1.56. The number of benzene rings is 1. The third-order valence-electron chi connectivity index (χ3n) is 4.50. The maximum Gasteiger partial charge on any atom is 0.240 e. The lowest BCUT2D eigenvalue weighted by Crippen LogP contribution is -2.38. The normalized spacial score (nSPS) is 16.2. The fourth-order valence-corrected chi connectivity index (χ4v) is 3.92. The highest BCUT2D eigenvalue weighted by atomic mass is 32.1. The molecule has 2 aromatic rings. The lowest BCUT2D eigenvalue weighted by Gasteiger charge is -2.29. The number of piperidine rings is 1. The number of rotatable bonds is 5. The Labute approximate surface area is 147 Å². The summed E-state index contributed by atoms with van der Waals surface area (Å²) in [7, 11) is 0. The van der Waals surface area contributed by atoms with Gasteiger partial charge in [0.1, 0.15) is 0 Å². The number of carbonyl (C=O) groups is 1. The van der Waals surface area contributed by atoms with Crippen molar-refractivity contribution in [1.29, 1.82) is 0 Å². The Morgan fingerprint density at radius 3 is 2.92 bits per heavy atom. The first-order valence-electron chi connectivity index (χ1n) is 8.61. The standard InChI is InChI=1S/C19H25N3OS/c1-14-6-8-22(9-7-14)13-18(23)21-19-20-12-17(24-19)11-16-5-3-4-15(2)10-16/h3-5,10,12,14H,6-9,11,13H2,1-2H3,(H,20,21,23). The van der Waals surface area contributed by atoms with Gasteiger partial charge in [-0.1, -0.05) is 36.8 Å². The molecular weight excluding hydrogens is 318 g/mol. The minimum absolute atomic E-state index is 0.0426. The van der Waals surface area contributed by atoms with Crippen LogP contribution in [0, 0.1) is 12.8 Å². The maximum atomic E-state index is 12.2. The smallest absolute Gasteiger partial charge is 0.240 e. The van der Waals surface area contributed by atoms with Crippen LogP contribution in [0.4, 0.5) is 5.13 Å². The van der Waals surface area contributed by atoms with Gasteiger partial charge in [0.25, 0.3) is 0 Å². The van der Waals surface area contributed by atoms with Crippen LogP contribution in [-0.2, 0) is 11.2 Å². The molecule has 2 heterocycles. The quantitative estimate of drug-likeness (QED) is 0.900. The number of aromatic nitrogens is 1. The molecule has 1 aliphatic rings. The number of aryl methyl sites for hydroxylation is 1. The van der Waals surface area contributed by atoms with Gasteiger partial charge in [0.2, 0.25) is 5.91 Å². The van der Waals surface area contributed by atoms with E-state index < -0.39 is 0 Å². The highest BCUT2D eigenvalue weighted by molar-refractivity contribution is 7.15. The van der Waals surface area contributed by atoms with Crippen LogP contribution >= 0.6 is 11.3 Å². The Balaban J connectivity index is 1.51. The van der Waals surface area contributed by atoms with Gasteiger partial charge in [-0.05, 0) is 44.3 Å². The van der Waals surface area contributed by atoms with Crippen LogP contribution in [-0.4, -0.2) is 35.4 Å². The van der Waals surface area contributed by atoms with E-state index in [4.69, 9.17) is 0 Å². The van der Waals surface area contributed by atoms with Gasteiger partial charge in [0.05, 0.1) is 6.54 Å². The van der Waals surface area contributed by atoms with Gasteiger partial charge < -0.3 is 5.32 Å². The number of hydrogen-bond donors (Lipinski definition) is 1. The summed E-state index contributed by atoms with van der Waals surface area (Å²) in [5.41, 5.74) is 2.54. The highest BCUT2D eigenvalue weighted by Gasteiger charge is 2.18. The molecule has 3 rings (SSSR count). The number of likely N-dealkylation sites (tertiary alicyclic amines) is 1. The van der Waals surface area contributed by atoms with Gasteiger partial charge in [-0.25, -0.2) is 4.98 Å². The number of carbonyl (C=O) groups excluding carboxylic acids is 1. The first kappa shape index (κ1) is 17.1. The molecule has 5 heteroatoms. The van der Waals surface area contributed by atoms with E-state index in [9.17, 15) is 4.79 Å². The minimum Gasteiger partial charge on any atom is -0.301 e. The second-order valence-corrected chi connectivity index (χ2v) is 7.92. The van der Waals surface area contributed by atoms with Gasteiger partial charge in [-0.2, -0.15) is 0 Å². The van der Waals surface area contributed by atoms with Crippen LogP contribution in [0.15, 0.2) is 30.5 Å². The van der Waals surface area contributed by atoms with E-state index in [1.807, 2.05) is 6.20 Å². The van der Waals surface area contributed by atoms with Crippen molar-refractivity contribution in [2.45, 2.75) is 33.1 Å². The Morgan fingerprint density at radius 1 is 1.38 bits per heavy atom. The molecule has 0 atom stereocenters. The lowest BCUT2D eigenvalue weighted by atomic mass is 9.99. The van der Waals surface area contributed by atoms with Crippen LogP contribution in [0.5, 0.6) is 0 Å². The van der Waals surface area contributed by atoms with E-state index in [0.717, 1.165) is 25.4 Å². The third-order valence-corrected chi connectivity index (χ3v) is 5.42. The van der Waals surface area contributed by atoms with E-state index >= 15 is 0 Å². The molecule has 1 aromatic heterocycles. The summed E-state index contributed by atoms with van der Waals surface area (Å²) in [4.78, 5) is 19.9. The fourth-order valence-electron chi connectivity index (χ4n) is 3.05. The molecule has 1 aromatic carbocycles. The Morgan fingerprint density at radius 2 is 2.17 bits per heavy atom. The summed E-state index contributed by atoms with van der Waals surface area (Å²) < 4.78 is 0.